The van der Waals surface area contributed by atoms with Gasteiger partial charge in [0.1, 0.15) is 5.75 Å². The third-order valence-electron chi connectivity index (χ3n) is 3.37. The molecule has 2 N–H and O–H groups in total. The smallest absolute Gasteiger partial charge is 0.269 e. The van der Waals surface area contributed by atoms with E-state index in [-0.39, 0.29) is 5.69 Å². The predicted octanol–water partition coefficient (Wildman–Crippen LogP) is 2.66. The fourth-order valence-corrected chi connectivity index (χ4v) is 2.30. The third-order valence-corrected chi connectivity index (χ3v) is 3.37. The Kier molecular flexibility index (Phi) is 4.47. The molecule has 1 aromatic carbocycles. The SMILES string of the molecule is Cc1cccc(Cc2cc(Oc3ccccc3)nnc2C(N)=O)n1. The molecule has 1 amide bonds. The van der Waals surface area contributed by atoms with Gasteiger partial charge in [0, 0.05) is 23.9 Å². The van der Waals surface area contributed by atoms with Gasteiger partial charge in [0.25, 0.3) is 5.91 Å². The van der Waals surface area contributed by atoms with Gasteiger partial charge in [-0.25, -0.2) is 0 Å². The molecule has 0 spiro atoms. The maximum Gasteiger partial charge on any atom is 0.269 e. The van der Waals surface area contributed by atoms with Crippen molar-refractivity contribution in [2.24, 2.45) is 5.73 Å². The molecule has 24 heavy (non-hydrogen) atoms. The van der Waals surface area contributed by atoms with Gasteiger partial charge < -0.3 is 10.5 Å². The molecule has 0 aliphatic rings. The molecule has 0 radical (unpaired) electrons. The highest BCUT2D eigenvalue weighted by atomic mass is 16.5. The van der Waals surface area contributed by atoms with Gasteiger partial charge in [-0.3, -0.25) is 9.78 Å². The van der Waals surface area contributed by atoms with E-state index in [1.54, 1.807) is 6.07 Å². The standard InChI is InChI=1S/C18H16N4O2/c1-12-6-5-7-14(20-12)10-13-11-16(21-22-17(13)18(19)23)24-15-8-3-2-4-9-15/h2-9,11H,10H2,1H3,(H2,19,23). The van der Waals surface area contributed by atoms with Gasteiger partial charge in [-0.1, -0.05) is 24.3 Å². The fourth-order valence-electron chi connectivity index (χ4n) is 2.30. The summed E-state index contributed by atoms with van der Waals surface area (Å²) in [6, 6.07) is 16.6. The Bertz CT molecular complexity index is 866. The van der Waals surface area contributed by atoms with E-state index in [1.165, 1.54) is 0 Å². The maximum absolute atomic E-state index is 11.6. The average Bonchev–Trinajstić information content (AvgIpc) is 2.56. The number of carbonyl (C=O) groups excluding carboxylic acids is 1. The van der Waals surface area contributed by atoms with Crippen LogP contribution in [0.3, 0.4) is 0 Å². The van der Waals surface area contributed by atoms with E-state index >= 15 is 0 Å². The number of hydrogen-bond donors (Lipinski definition) is 1. The van der Waals surface area contributed by atoms with Crippen LogP contribution in [0.5, 0.6) is 11.6 Å². The number of pyridine rings is 1. The molecule has 6 heteroatoms. The van der Waals surface area contributed by atoms with E-state index in [9.17, 15) is 4.79 Å². The molecular formula is C18H16N4O2. The van der Waals surface area contributed by atoms with Gasteiger partial charge in [0.2, 0.25) is 5.88 Å². The van der Waals surface area contributed by atoms with E-state index < -0.39 is 5.91 Å². The van der Waals surface area contributed by atoms with E-state index in [4.69, 9.17) is 10.5 Å². The summed E-state index contributed by atoms with van der Waals surface area (Å²) in [5.41, 5.74) is 7.86. The van der Waals surface area contributed by atoms with Gasteiger partial charge in [0.05, 0.1) is 0 Å². The van der Waals surface area contributed by atoms with Crippen molar-refractivity contribution in [3.05, 3.63) is 77.2 Å². The Morgan fingerprint density at radius 1 is 1.08 bits per heavy atom. The number of aromatic nitrogens is 3. The zero-order chi connectivity index (χ0) is 16.9. The number of primary amides is 1. The first-order chi connectivity index (χ1) is 11.6. The Morgan fingerprint density at radius 3 is 2.58 bits per heavy atom. The number of hydrogen-bond acceptors (Lipinski definition) is 5. The van der Waals surface area contributed by atoms with Crippen molar-refractivity contribution < 1.29 is 9.53 Å². The molecule has 2 aromatic heterocycles. The van der Waals surface area contributed by atoms with E-state index in [1.807, 2.05) is 55.5 Å². The van der Waals surface area contributed by atoms with Crippen molar-refractivity contribution in [2.45, 2.75) is 13.3 Å². The summed E-state index contributed by atoms with van der Waals surface area (Å²) in [6.45, 7) is 1.91. The number of nitrogens with zero attached hydrogens (tertiary/aromatic N) is 3. The minimum atomic E-state index is -0.628. The summed E-state index contributed by atoms with van der Waals surface area (Å²) in [5.74, 6) is 0.309. The second kappa shape index (κ2) is 6.87. The molecule has 0 saturated carbocycles. The number of carbonyl (C=O) groups is 1. The minimum Gasteiger partial charge on any atom is -0.438 e. The van der Waals surface area contributed by atoms with Gasteiger partial charge >= 0.3 is 0 Å². The van der Waals surface area contributed by atoms with Crippen molar-refractivity contribution in [3.8, 4) is 11.6 Å². The Morgan fingerprint density at radius 2 is 1.88 bits per heavy atom. The number of rotatable bonds is 5. The summed E-state index contributed by atoms with van der Waals surface area (Å²) < 4.78 is 5.67. The van der Waals surface area contributed by atoms with E-state index in [2.05, 4.69) is 15.2 Å². The van der Waals surface area contributed by atoms with Crippen LogP contribution >= 0.6 is 0 Å². The first-order valence-corrected chi connectivity index (χ1v) is 7.43. The van der Waals surface area contributed by atoms with Crippen molar-refractivity contribution in [1.29, 1.82) is 0 Å². The molecular weight excluding hydrogens is 304 g/mol. The summed E-state index contributed by atoms with van der Waals surface area (Å²) in [6.07, 6.45) is 0.417. The number of nitrogens with two attached hydrogens (primary N) is 1. The van der Waals surface area contributed by atoms with Crippen LogP contribution in [0.25, 0.3) is 0 Å². The van der Waals surface area contributed by atoms with Crippen molar-refractivity contribution in [3.63, 3.8) is 0 Å². The summed E-state index contributed by atoms with van der Waals surface area (Å²) in [7, 11) is 0. The monoisotopic (exact) mass is 320 g/mol. The lowest BCUT2D eigenvalue weighted by Crippen LogP contribution is -2.17. The second-order valence-corrected chi connectivity index (χ2v) is 5.28. The van der Waals surface area contributed by atoms with E-state index in [0.717, 1.165) is 11.4 Å². The minimum absolute atomic E-state index is 0.124. The average molecular weight is 320 g/mol. The normalized spacial score (nSPS) is 10.4. The van der Waals surface area contributed by atoms with Gasteiger partial charge in [-0.15, -0.1) is 10.2 Å². The summed E-state index contributed by atoms with van der Waals surface area (Å²) in [4.78, 5) is 16.0. The zero-order valence-corrected chi connectivity index (χ0v) is 13.1. The molecule has 0 fully saturated rings. The Labute approximate surface area is 139 Å². The fraction of sp³-hybridized carbons (Fsp3) is 0.111. The zero-order valence-electron chi connectivity index (χ0n) is 13.1. The van der Waals surface area contributed by atoms with Crippen molar-refractivity contribution in [2.75, 3.05) is 0 Å². The lowest BCUT2D eigenvalue weighted by atomic mass is 10.1. The third kappa shape index (κ3) is 3.73. The Balaban J connectivity index is 1.92. The van der Waals surface area contributed by atoms with Crippen LogP contribution < -0.4 is 10.5 Å². The van der Waals surface area contributed by atoms with Crippen LogP contribution in [0.4, 0.5) is 0 Å². The topological polar surface area (TPSA) is 91.0 Å². The number of benzene rings is 1. The molecule has 0 aliphatic carbocycles. The quantitative estimate of drug-likeness (QED) is 0.780. The number of para-hydroxylation sites is 1. The Hall–Kier alpha value is -3.28. The molecule has 120 valence electrons. The molecule has 6 nitrogen and oxygen atoms in total. The molecule has 3 aromatic rings. The highest BCUT2D eigenvalue weighted by Gasteiger charge is 2.14. The van der Waals surface area contributed by atoms with Crippen LogP contribution in [-0.2, 0) is 6.42 Å². The molecule has 3 rings (SSSR count). The lowest BCUT2D eigenvalue weighted by molar-refractivity contribution is 0.0993. The number of ether oxygens (including phenoxy) is 1. The highest BCUT2D eigenvalue weighted by molar-refractivity contribution is 5.92. The van der Waals surface area contributed by atoms with Crippen LogP contribution in [0.2, 0.25) is 0 Å². The summed E-state index contributed by atoms with van der Waals surface area (Å²) >= 11 is 0. The van der Waals surface area contributed by atoms with Gasteiger partial charge in [-0.2, -0.15) is 0 Å². The molecule has 0 aliphatic heterocycles. The van der Waals surface area contributed by atoms with Crippen molar-refractivity contribution >= 4 is 5.91 Å². The number of aryl methyl sites for hydroxylation is 1. The lowest BCUT2D eigenvalue weighted by Gasteiger charge is -2.09. The van der Waals surface area contributed by atoms with Crippen LogP contribution in [0, 0.1) is 6.92 Å². The summed E-state index contributed by atoms with van der Waals surface area (Å²) in [5, 5.41) is 7.84. The molecule has 0 atom stereocenters. The van der Waals surface area contributed by atoms with Crippen molar-refractivity contribution in [1.82, 2.24) is 15.2 Å². The number of amides is 1. The predicted molar refractivity (Wildman–Crippen MR) is 88.8 cm³/mol. The van der Waals surface area contributed by atoms with Gasteiger partial charge in [-0.05, 0) is 36.8 Å². The molecule has 2 heterocycles. The van der Waals surface area contributed by atoms with E-state index in [0.29, 0.717) is 23.6 Å². The highest BCUT2D eigenvalue weighted by Crippen LogP contribution is 2.21. The maximum atomic E-state index is 11.6. The first-order valence-electron chi connectivity index (χ1n) is 7.43. The second-order valence-electron chi connectivity index (χ2n) is 5.28. The van der Waals surface area contributed by atoms with Gasteiger partial charge in [0.15, 0.2) is 5.69 Å². The van der Waals surface area contributed by atoms with Crippen LogP contribution in [-0.4, -0.2) is 21.1 Å². The van der Waals surface area contributed by atoms with Crippen LogP contribution in [0.1, 0.15) is 27.4 Å². The molecule has 0 saturated heterocycles. The van der Waals surface area contributed by atoms with Crippen LogP contribution in [0.15, 0.2) is 54.6 Å². The molecule has 0 unspecified atom stereocenters. The first kappa shape index (κ1) is 15.6. The molecule has 0 bridgehead atoms. The largest absolute Gasteiger partial charge is 0.438 e.